The largest absolute Gasteiger partial charge is 0.455 e. The zero-order valence-corrected chi connectivity index (χ0v) is 51.9. The van der Waals surface area contributed by atoms with Crippen molar-refractivity contribution in [3.63, 3.8) is 0 Å². The van der Waals surface area contributed by atoms with Gasteiger partial charge in [0.1, 0.15) is 22.3 Å². The van der Waals surface area contributed by atoms with Crippen molar-refractivity contribution in [3.8, 4) is 55.6 Å². The Labute approximate surface area is 544 Å². The van der Waals surface area contributed by atoms with Crippen molar-refractivity contribution >= 4 is 121 Å². The van der Waals surface area contributed by atoms with E-state index in [0.717, 1.165) is 134 Å². The molecule has 0 aliphatic carbocycles. The average Bonchev–Trinajstić information content (AvgIpc) is 1.59. The molecule has 2 aromatic heterocycles. The molecule has 94 heavy (non-hydrogen) atoms. The number of furan rings is 2. The van der Waals surface area contributed by atoms with E-state index in [1.165, 1.54) is 54.2 Å². The van der Waals surface area contributed by atoms with Gasteiger partial charge >= 0.3 is 0 Å². The molecule has 4 heteroatoms. The zero-order chi connectivity index (χ0) is 62.4. The molecule has 0 aliphatic rings. The molecule has 442 valence electrons. The van der Waals surface area contributed by atoms with Gasteiger partial charge in [-0.25, -0.2) is 0 Å². The van der Waals surface area contributed by atoms with Crippen LogP contribution in [0.3, 0.4) is 0 Å². The third-order valence-corrected chi connectivity index (χ3v) is 19.3. The highest BCUT2D eigenvalue weighted by atomic mass is 16.3. The lowest BCUT2D eigenvalue weighted by Crippen LogP contribution is -2.13. The lowest BCUT2D eigenvalue weighted by atomic mass is 9.93. The first kappa shape index (κ1) is 54.7. The molecule has 0 bridgehead atoms. The van der Waals surface area contributed by atoms with E-state index in [9.17, 15) is 0 Å². The van der Waals surface area contributed by atoms with Crippen LogP contribution in [0, 0.1) is 13.8 Å². The van der Waals surface area contributed by atoms with Gasteiger partial charge in [0.25, 0.3) is 0 Å². The number of rotatable bonds is 11. The number of benzene rings is 16. The SMILES string of the molecule is Cc1cc(-c2ccc(N(c3ccc(-c4cc5ccccc5c5ccccc45)cc3)c3ccccc3-c3cccc4c3oc3ccccc34)c(C)c2)ccc1N(c1ccc(-c2cc3ccccc3c3ccccc23)cc1)c1ccccc1-c1cccc2c1oc1ccccc12. The van der Waals surface area contributed by atoms with Crippen LogP contribution >= 0.6 is 0 Å². The molecule has 4 nitrogen and oxygen atoms in total. The minimum absolute atomic E-state index is 0.873. The Balaban J connectivity index is 0.762. The summed E-state index contributed by atoms with van der Waals surface area (Å²) >= 11 is 0. The van der Waals surface area contributed by atoms with Crippen LogP contribution < -0.4 is 9.80 Å². The molecule has 0 saturated carbocycles. The van der Waals surface area contributed by atoms with Gasteiger partial charge in [-0.2, -0.15) is 0 Å². The number of aryl methyl sites for hydroxylation is 2. The van der Waals surface area contributed by atoms with Crippen molar-refractivity contribution in [2.75, 3.05) is 9.80 Å². The second-order valence-electron chi connectivity index (χ2n) is 24.7. The van der Waals surface area contributed by atoms with Gasteiger partial charge in [0.2, 0.25) is 0 Å². The first-order valence-corrected chi connectivity index (χ1v) is 32.3. The summed E-state index contributed by atoms with van der Waals surface area (Å²) in [5.41, 5.74) is 23.3. The van der Waals surface area contributed by atoms with Gasteiger partial charge in [-0.3, -0.25) is 0 Å². The summed E-state index contributed by atoms with van der Waals surface area (Å²) in [7, 11) is 0. The van der Waals surface area contributed by atoms with Gasteiger partial charge in [-0.15, -0.1) is 0 Å². The molecule has 16 aromatic carbocycles. The second kappa shape index (κ2) is 22.3. The second-order valence-corrected chi connectivity index (χ2v) is 24.7. The highest BCUT2D eigenvalue weighted by Gasteiger charge is 2.25. The van der Waals surface area contributed by atoms with E-state index in [1.54, 1.807) is 0 Å². The zero-order valence-electron chi connectivity index (χ0n) is 51.9. The molecule has 0 saturated heterocycles. The maximum absolute atomic E-state index is 6.76. The van der Waals surface area contributed by atoms with Gasteiger partial charge in [0, 0.05) is 66.5 Å². The molecule has 0 unspecified atom stereocenters. The number of fused-ring (bicyclic) bond motifs is 12. The van der Waals surface area contributed by atoms with Crippen LogP contribution in [0.5, 0.6) is 0 Å². The van der Waals surface area contributed by atoms with E-state index in [4.69, 9.17) is 8.83 Å². The molecular weight excluding hydrogens is 1140 g/mol. The minimum Gasteiger partial charge on any atom is -0.455 e. The normalized spacial score (nSPS) is 11.7. The van der Waals surface area contributed by atoms with Gasteiger partial charge in [0.05, 0.1) is 11.4 Å². The monoisotopic (exact) mass is 1200 g/mol. The summed E-state index contributed by atoms with van der Waals surface area (Å²) in [6.45, 7) is 4.49. The lowest BCUT2D eigenvalue weighted by molar-refractivity contribution is 0.669. The summed E-state index contributed by atoms with van der Waals surface area (Å²) in [4.78, 5) is 4.86. The molecule has 0 spiro atoms. The van der Waals surface area contributed by atoms with Crippen LogP contribution in [0.1, 0.15) is 11.1 Å². The number of para-hydroxylation sites is 6. The van der Waals surface area contributed by atoms with Crippen LogP contribution in [-0.2, 0) is 0 Å². The van der Waals surface area contributed by atoms with E-state index in [1.807, 2.05) is 12.1 Å². The van der Waals surface area contributed by atoms with E-state index in [2.05, 4.69) is 339 Å². The van der Waals surface area contributed by atoms with Crippen molar-refractivity contribution in [3.05, 3.63) is 339 Å². The maximum Gasteiger partial charge on any atom is 0.143 e. The fraction of sp³-hybridized carbons (Fsp3) is 0.0222. The van der Waals surface area contributed by atoms with Crippen molar-refractivity contribution < 1.29 is 8.83 Å². The first-order chi connectivity index (χ1) is 46.5. The lowest BCUT2D eigenvalue weighted by Gasteiger charge is -2.30. The molecule has 18 rings (SSSR count). The van der Waals surface area contributed by atoms with Crippen molar-refractivity contribution in [2.45, 2.75) is 13.8 Å². The summed E-state index contributed by atoms with van der Waals surface area (Å²) in [5, 5.41) is 14.4. The van der Waals surface area contributed by atoms with Crippen molar-refractivity contribution in [2.24, 2.45) is 0 Å². The Bertz CT molecular complexity index is 5660. The predicted octanol–water partition coefficient (Wildman–Crippen LogP) is 26.0. The fourth-order valence-electron chi connectivity index (χ4n) is 14.9. The van der Waals surface area contributed by atoms with E-state index in [0.29, 0.717) is 0 Å². The van der Waals surface area contributed by atoms with Crippen LogP contribution in [0.15, 0.2) is 336 Å². The third-order valence-electron chi connectivity index (χ3n) is 19.3. The Kier molecular flexibility index (Phi) is 13.0. The van der Waals surface area contributed by atoms with Crippen molar-refractivity contribution in [1.29, 1.82) is 0 Å². The molecule has 0 amide bonds. The van der Waals surface area contributed by atoms with E-state index >= 15 is 0 Å². The maximum atomic E-state index is 6.76. The summed E-state index contributed by atoms with van der Waals surface area (Å²) in [6.07, 6.45) is 0. The number of hydrogen-bond acceptors (Lipinski definition) is 4. The Hall–Kier alpha value is -12.2. The number of hydrogen-bond donors (Lipinski definition) is 0. The molecule has 2 heterocycles. The first-order valence-electron chi connectivity index (χ1n) is 32.3. The highest BCUT2D eigenvalue weighted by Crippen LogP contribution is 2.50. The van der Waals surface area contributed by atoms with Gasteiger partial charge in [0.15, 0.2) is 0 Å². The average molecular weight is 1200 g/mol. The molecule has 0 N–H and O–H groups in total. The van der Waals surface area contributed by atoms with Gasteiger partial charge in [-0.05, 0) is 186 Å². The van der Waals surface area contributed by atoms with E-state index in [-0.39, 0.29) is 0 Å². The molecule has 0 fully saturated rings. The number of nitrogens with zero attached hydrogens (tertiary/aromatic N) is 2. The van der Waals surface area contributed by atoms with Crippen LogP contribution in [-0.4, -0.2) is 0 Å². The summed E-state index contributed by atoms with van der Waals surface area (Å²) in [6, 6.07) is 119. The van der Waals surface area contributed by atoms with Crippen LogP contribution in [0.25, 0.3) is 143 Å². The quantitative estimate of drug-likeness (QED) is 0.121. The third kappa shape index (κ3) is 9.05. The summed E-state index contributed by atoms with van der Waals surface area (Å²) in [5.74, 6) is 0. The van der Waals surface area contributed by atoms with Crippen molar-refractivity contribution in [1.82, 2.24) is 0 Å². The Morgan fingerprint density at radius 3 is 0.968 bits per heavy atom. The highest BCUT2D eigenvalue weighted by molar-refractivity contribution is 6.16. The standard InChI is InChI=1S/C90H60N2O2/c1-57-53-61(45-51-83(57)91(85-37-15-11-29-73(85)77-33-19-35-79-75-31-13-17-39-87(75)93-89(77)79)65-47-41-59(42-48-65)81-55-63-21-3-5-23-67(63)69-25-7-9-27-71(69)81)62-46-52-84(58(2)54-62)92(86-38-16-12-30-74(86)78-34-20-36-80-76-32-14-18-40-88(76)94-90(78)80)66-49-43-60(44-50-66)82-56-64-22-4-6-24-68(64)70-26-8-10-28-72(70)82/h3-56H,1-2H3. The smallest absolute Gasteiger partial charge is 0.143 e. The summed E-state index contributed by atoms with van der Waals surface area (Å²) < 4.78 is 13.5. The Morgan fingerprint density at radius 2 is 0.543 bits per heavy atom. The van der Waals surface area contributed by atoms with Crippen LogP contribution in [0.2, 0.25) is 0 Å². The van der Waals surface area contributed by atoms with Gasteiger partial charge < -0.3 is 18.6 Å². The molecule has 0 aliphatic heterocycles. The topological polar surface area (TPSA) is 32.8 Å². The predicted molar refractivity (Wildman–Crippen MR) is 397 cm³/mol. The Morgan fingerprint density at radius 1 is 0.213 bits per heavy atom. The minimum atomic E-state index is 0.873. The van der Waals surface area contributed by atoms with E-state index < -0.39 is 0 Å². The molecule has 18 aromatic rings. The molecule has 0 atom stereocenters. The number of anilines is 6. The molecular formula is C90H60N2O2. The van der Waals surface area contributed by atoms with Crippen LogP contribution in [0.4, 0.5) is 34.1 Å². The van der Waals surface area contributed by atoms with Gasteiger partial charge in [-0.1, -0.05) is 243 Å². The fourth-order valence-corrected chi connectivity index (χ4v) is 14.9. The molecule has 0 radical (unpaired) electrons.